The molecule has 1 heteroatoms. The van der Waals surface area contributed by atoms with Gasteiger partial charge in [0.1, 0.15) is 0 Å². The lowest BCUT2D eigenvalue weighted by Gasteiger charge is -2.16. The van der Waals surface area contributed by atoms with Gasteiger partial charge in [0.2, 0.25) is 0 Å². The minimum absolute atomic E-state index is 0.930. The molecule has 1 N–H and O–H groups in total. The van der Waals surface area contributed by atoms with E-state index in [4.69, 9.17) is 0 Å². The van der Waals surface area contributed by atoms with E-state index in [1.54, 1.807) is 0 Å². The molecular weight excluding hydrogens is 170 g/mol. The molecule has 1 aliphatic heterocycles. The van der Waals surface area contributed by atoms with Crippen LogP contribution in [0.15, 0.2) is 36.4 Å². The van der Waals surface area contributed by atoms with Crippen molar-refractivity contribution >= 4 is 5.70 Å². The predicted molar refractivity (Wildman–Crippen MR) is 61.0 cm³/mol. The van der Waals surface area contributed by atoms with Crippen molar-refractivity contribution in [2.75, 3.05) is 6.54 Å². The Hall–Kier alpha value is -1.50. The molecule has 1 aromatic carbocycles. The van der Waals surface area contributed by atoms with E-state index in [1.165, 1.54) is 22.4 Å². The Morgan fingerprint density at radius 2 is 1.86 bits per heavy atom. The molecule has 1 aromatic rings. The van der Waals surface area contributed by atoms with Crippen LogP contribution in [0.3, 0.4) is 0 Å². The van der Waals surface area contributed by atoms with E-state index < -0.39 is 0 Å². The Kier molecular flexibility index (Phi) is 2.40. The third-order valence-corrected chi connectivity index (χ3v) is 2.56. The van der Waals surface area contributed by atoms with Crippen molar-refractivity contribution in [2.24, 2.45) is 0 Å². The van der Waals surface area contributed by atoms with Gasteiger partial charge in [0.25, 0.3) is 0 Å². The smallest absolute Gasteiger partial charge is 0.0421 e. The first kappa shape index (κ1) is 9.07. The molecule has 1 heterocycles. The van der Waals surface area contributed by atoms with Crippen molar-refractivity contribution in [1.82, 2.24) is 5.32 Å². The van der Waals surface area contributed by atoms with E-state index in [0.717, 1.165) is 6.54 Å². The summed E-state index contributed by atoms with van der Waals surface area (Å²) in [7, 11) is 0. The number of dihydropyridines is 1. The second-order valence-corrected chi connectivity index (χ2v) is 3.66. The van der Waals surface area contributed by atoms with Crippen LogP contribution in [0.5, 0.6) is 0 Å². The van der Waals surface area contributed by atoms with Crippen molar-refractivity contribution in [3.8, 4) is 0 Å². The van der Waals surface area contributed by atoms with Gasteiger partial charge in [-0.05, 0) is 31.1 Å². The Labute approximate surface area is 85.2 Å². The molecule has 0 aromatic heterocycles. The third kappa shape index (κ3) is 1.58. The summed E-state index contributed by atoms with van der Waals surface area (Å²) in [4.78, 5) is 0. The lowest BCUT2D eigenvalue weighted by molar-refractivity contribution is 0.989. The predicted octanol–water partition coefficient (Wildman–Crippen LogP) is 2.80. The number of allylic oxidation sites excluding steroid dienone is 2. The zero-order valence-electron chi connectivity index (χ0n) is 8.67. The van der Waals surface area contributed by atoms with Gasteiger partial charge >= 0.3 is 0 Å². The summed E-state index contributed by atoms with van der Waals surface area (Å²) in [5.41, 5.74) is 5.25. The molecule has 0 unspecified atom stereocenters. The largest absolute Gasteiger partial charge is 0.381 e. The van der Waals surface area contributed by atoms with Gasteiger partial charge in [-0.2, -0.15) is 0 Å². The normalized spacial score (nSPS) is 14.9. The molecule has 0 amide bonds. The van der Waals surface area contributed by atoms with E-state index >= 15 is 0 Å². The van der Waals surface area contributed by atoms with Gasteiger partial charge in [0.15, 0.2) is 0 Å². The number of hydrogen-bond donors (Lipinski definition) is 1. The van der Waals surface area contributed by atoms with Crippen LogP contribution in [0.2, 0.25) is 0 Å². The molecule has 14 heavy (non-hydrogen) atoms. The van der Waals surface area contributed by atoms with Crippen LogP contribution >= 0.6 is 0 Å². The van der Waals surface area contributed by atoms with Crippen LogP contribution < -0.4 is 5.32 Å². The average Bonchev–Trinajstić information content (AvgIpc) is 2.19. The molecule has 0 bridgehead atoms. The van der Waals surface area contributed by atoms with E-state index in [1.807, 2.05) is 0 Å². The van der Waals surface area contributed by atoms with Crippen molar-refractivity contribution in [3.05, 3.63) is 53.1 Å². The topological polar surface area (TPSA) is 12.0 Å². The van der Waals surface area contributed by atoms with Crippen molar-refractivity contribution in [3.63, 3.8) is 0 Å². The molecule has 0 spiro atoms. The number of hydrogen-bond acceptors (Lipinski definition) is 1. The fraction of sp³-hybridized carbons (Fsp3) is 0.231. The van der Waals surface area contributed by atoms with Gasteiger partial charge in [0, 0.05) is 17.8 Å². The quantitative estimate of drug-likeness (QED) is 0.709. The minimum Gasteiger partial charge on any atom is -0.381 e. The van der Waals surface area contributed by atoms with Crippen LogP contribution in [0.1, 0.15) is 16.7 Å². The van der Waals surface area contributed by atoms with Crippen LogP contribution in [0.25, 0.3) is 5.70 Å². The second-order valence-electron chi connectivity index (χ2n) is 3.66. The van der Waals surface area contributed by atoms with E-state index in [2.05, 4.69) is 55.6 Å². The highest BCUT2D eigenvalue weighted by molar-refractivity contribution is 5.71. The minimum atomic E-state index is 0.930. The summed E-state index contributed by atoms with van der Waals surface area (Å²) in [6.07, 6.45) is 6.37. The van der Waals surface area contributed by atoms with Crippen molar-refractivity contribution < 1.29 is 0 Å². The Bertz CT molecular complexity index is 379. The molecule has 2 rings (SSSR count). The first-order chi connectivity index (χ1) is 6.79. The maximum absolute atomic E-state index is 3.39. The zero-order valence-corrected chi connectivity index (χ0v) is 8.67. The Balaban J connectivity index is 2.50. The van der Waals surface area contributed by atoms with Crippen LogP contribution in [-0.2, 0) is 0 Å². The molecule has 0 saturated heterocycles. The van der Waals surface area contributed by atoms with Gasteiger partial charge in [-0.3, -0.25) is 0 Å². The first-order valence-corrected chi connectivity index (χ1v) is 4.96. The van der Waals surface area contributed by atoms with Crippen LogP contribution in [0, 0.1) is 13.8 Å². The lowest BCUT2D eigenvalue weighted by atomic mass is 9.99. The highest BCUT2D eigenvalue weighted by Crippen LogP contribution is 2.21. The number of benzene rings is 1. The monoisotopic (exact) mass is 185 g/mol. The summed E-state index contributed by atoms with van der Waals surface area (Å²) in [5, 5.41) is 3.39. The molecule has 1 nitrogen and oxygen atoms in total. The van der Waals surface area contributed by atoms with Crippen molar-refractivity contribution in [1.29, 1.82) is 0 Å². The summed E-state index contributed by atoms with van der Waals surface area (Å²) in [5.74, 6) is 0. The zero-order chi connectivity index (χ0) is 9.97. The van der Waals surface area contributed by atoms with Gasteiger partial charge < -0.3 is 5.32 Å². The van der Waals surface area contributed by atoms with E-state index in [-0.39, 0.29) is 0 Å². The van der Waals surface area contributed by atoms with Crippen LogP contribution in [-0.4, -0.2) is 6.54 Å². The number of nitrogens with one attached hydrogen (secondary N) is 1. The maximum atomic E-state index is 3.39. The molecule has 72 valence electrons. The fourth-order valence-electron chi connectivity index (χ4n) is 1.87. The third-order valence-electron chi connectivity index (χ3n) is 2.56. The Morgan fingerprint density at radius 1 is 1.14 bits per heavy atom. The lowest BCUT2D eigenvalue weighted by Crippen LogP contribution is -2.15. The first-order valence-electron chi connectivity index (χ1n) is 4.96. The summed E-state index contributed by atoms with van der Waals surface area (Å²) in [6, 6.07) is 6.42. The fourth-order valence-corrected chi connectivity index (χ4v) is 1.87. The Morgan fingerprint density at radius 3 is 2.43 bits per heavy atom. The summed E-state index contributed by atoms with van der Waals surface area (Å²) in [6.45, 7) is 5.24. The van der Waals surface area contributed by atoms with Gasteiger partial charge in [0.05, 0.1) is 0 Å². The number of aryl methyl sites for hydroxylation is 2. The van der Waals surface area contributed by atoms with Gasteiger partial charge in [-0.25, -0.2) is 0 Å². The van der Waals surface area contributed by atoms with Crippen LogP contribution in [0.4, 0.5) is 0 Å². The molecule has 0 radical (unpaired) electrons. The molecule has 1 aliphatic rings. The highest BCUT2D eigenvalue weighted by atomic mass is 14.9. The molecular formula is C13H15N. The maximum Gasteiger partial charge on any atom is 0.0421 e. The SMILES string of the molecule is Cc1cccc(C)c1C1=CC=CCN1. The average molecular weight is 185 g/mol. The second kappa shape index (κ2) is 3.70. The summed E-state index contributed by atoms with van der Waals surface area (Å²) < 4.78 is 0. The molecule has 0 atom stereocenters. The van der Waals surface area contributed by atoms with E-state index in [0.29, 0.717) is 0 Å². The van der Waals surface area contributed by atoms with E-state index in [9.17, 15) is 0 Å². The van der Waals surface area contributed by atoms with Gasteiger partial charge in [-0.1, -0.05) is 30.4 Å². The number of rotatable bonds is 1. The van der Waals surface area contributed by atoms with Crippen molar-refractivity contribution in [2.45, 2.75) is 13.8 Å². The summed E-state index contributed by atoms with van der Waals surface area (Å²) >= 11 is 0. The molecule has 0 saturated carbocycles. The standard InChI is InChI=1S/C13H15N/c1-10-6-5-7-11(2)13(10)12-8-3-4-9-14-12/h3-8,14H,9H2,1-2H3. The highest BCUT2D eigenvalue weighted by Gasteiger charge is 2.07. The van der Waals surface area contributed by atoms with Gasteiger partial charge in [-0.15, -0.1) is 0 Å². The molecule has 0 aliphatic carbocycles. The molecule has 0 fully saturated rings.